The molecule has 0 saturated heterocycles. The summed E-state index contributed by atoms with van der Waals surface area (Å²) in [6, 6.07) is 7.72. The van der Waals surface area contributed by atoms with E-state index in [9.17, 15) is 9.59 Å². The number of fused-ring (bicyclic) bond motifs is 1. The van der Waals surface area contributed by atoms with E-state index in [0.29, 0.717) is 31.8 Å². The van der Waals surface area contributed by atoms with Crippen molar-refractivity contribution in [2.45, 2.75) is 33.2 Å². The Morgan fingerprint density at radius 3 is 2.74 bits per heavy atom. The van der Waals surface area contributed by atoms with Gasteiger partial charge < -0.3 is 14.4 Å². The van der Waals surface area contributed by atoms with E-state index in [-0.39, 0.29) is 12.5 Å². The van der Waals surface area contributed by atoms with Crippen LogP contribution in [0.4, 0.5) is 0 Å². The molecule has 1 aliphatic rings. The number of hydrogen-bond acceptors (Lipinski definition) is 5. The first-order chi connectivity index (χ1) is 13.0. The lowest BCUT2D eigenvalue weighted by atomic mass is 10.1. The van der Waals surface area contributed by atoms with Gasteiger partial charge in [-0.1, -0.05) is 25.1 Å². The Morgan fingerprint density at radius 2 is 2.00 bits per heavy atom. The molecule has 1 aromatic heterocycles. The van der Waals surface area contributed by atoms with Gasteiger partial charge in [-0.05, 0) is 25.0 Å². The third kappa shape index (κ3) is 3.97. The van der Waals surface area contributed by atoms with Crippen LogP contribution < -0.4 is 4.74 Å². The number of benzene rings is 1. The minimum Gasteiger partial charge on any atom is -0.483 e. The second-order valence-electron chi connectivity index (χ2n) is 6.43. The first-order valence-electron chi connectivity index (χ1n) is 9.25. The minimum absolute atomic E-state index is 0.0264. The highest BCUT2D eigenvalue weighted by atomic mass is 16.5. The number of hydrogen-bond donors (Lipinski definition) is 0. The maximum atomic E-state index is 12.7. The first-order valence-corrected chi connectivity index (χ1v) is 9.25. The molecule has 0 radical (unpaired) electrons. The van der Waals surface area contributed by atoms with Gasteiger partial charge in [0.1, 0.15) is 5.75 Å². The van der Waals surface area contributed by atoms with Crippen molar-refractivity contribution < 1.29 is 19.1 Å². The molecule has 0 fully saturated rings. The van der Waals surface area contributed by atoms with E-state index in [4.69, 9.17) is 9.47 Å². The van der Waals surface area contributed by atoms with Crippen molar-refractivity contribution in [2.75, 3.05) is 19.8 Å². The van der Waals surface area contributed by atoms with Crippen LogP contribution in [0, 0.1) is 0 Å². The van der Waals surface area contributed by atoms with Crippen LogP contribution in [0.1, 0.15) is 41.2 Å². The summed E-state index contributed by atoms with van der Waals surface area (Å²) in [5.74, 6) is 0.223. The fourth-order valence-corrected chi connectivity index (χ4v) is 3.34. The van der Waals surface area contributed by atoms with E-state index in [2.05, 4.69) is 12.0 Å². The van der Waals surface area contributed by atoms with Crippen LogP contribution in [0.25, 0.3) is 0 Å². The molecule has 0 spiro atoms. The van der Waals surface area contributed by atoms with Crippen LogP contribution in [0.3, 0.4) is 0 Å². The van der Waals surface area contributed by atoms with Gasteiger partial charge in [-0.15, -0.1) is 0 Å². The average molecular weight is 371 g/mol. The molecule has 1 aliphatic heterocycles. The van der Waals surface area contributed by atoms with Crippen molar-refractivity contribution in [1.29, 1.82) is 0 Å². The summed E-state index contributed by atoms with van der Waals surface area (Å²) in [6.07, 6.45) is 1.45. The number of amides is 1. The molecule has 0 aliphatic carbocycles. The number of ether oxygens (including phenoxy) is 2. The topological polar surface area (TPSA) is 73.7 Å². The number of aromatic nitrogens is 2. The van der Waals surface area contributed by atoms with Crippen LogP contribution in [0.15, 0.2) is 24.3 Å². The smallest absolute Gasteiger partial charge is 0.356 e. The van der Waals surface area contributed by atoms with E-state index in [1.165, 1.54) is 0 Å². The normalized spacial score (nSPS) is 13.2. The summed E-state index contributed by atoms with van der Waals surface area (Å²) in [6.45, 7) is 4.99. The Bertz CT molecular complexity index is 844. The fraction of sp³-hybridized carbons (Fsp3) is 0.450. The molecule has 0 bridgehead atoms. The molecule has 1 aromatic carbocycles. The number of aryl methyl sites for hydroxylation is 2. The van der Waals surface area contributed by atoms with Crippen molar-refractivity contribution in [1.82, 2.24) is 14.7 Å². The zero-order valence-electron chi connectivity index (χ0n) is 16.0. The Hall–Kier alpha value is -2.83. The molecular weight excluding hydrogens is 346 g/mol. The average Bonchev–Trinajstić information content (AvgIpc) is 3.01. The van der Waals surface area contributed by atoms with E-state index in [1.54, 1.807) is 23.6 Å². The molecule has 7 heteroatoms. The lowest BCUT2D eigenvalue weighted by Gasteiger charge is -2.27. The monoisotopic (exact) mass is 371 g/mol. The van der Waals surface area contributed by atoms with Crippen molar-refractivity contribution >= 4 is 11.9 Å². The molecule has 3 rings (SSSR count). The van der Waals surface area contributed by atoms with Gasteiger partial charge >= 0.3 is 5.97 Å². The van der Waals surface area contributed by atoms with Crippen molar-refractivity contribution in [3.05, 3.63) is 46.8 Å². The van der Waals surface area contributed by atoms with Gasteiger partial charge in [-0.3, -0.25) is 9.48 Å². The molecule has 0 unspecified atom stereocenters. The van der Waals surface area contributed by atoms with Crippen LogP contribution in [0.5, 0.6) is 5.75 Å². The van der Waals surface area contributed by atoms with E-state index < -0.39 is 5.97 Å². The lowest BCUT2D eigenvalue weighted by molar-refractivity contribution is -0.134. The molecule has 1 amide bonds. The van der Waals surface area contributed by atoms with Gasteiger partial charge in [-0.25, -0.2) is 4.79 Å². The first kappa shape index (κ1) is 18.9. The van der Waals surface area contributed by atoms with Crippen molar-refractivity contribution in [2.24, 2.45) is 7.05 Å². The number of nitrogens with zero attached hydrogens (tertiary/aromatic N) is 3. The number of carbonyl (C=O) groups is 2. The van der Waals surface area contributed by atoms with Gasteiger partial charge in [0.05, 0.1) is 18.8 Å². The summed E-state index contributed by atoms with van der Waals surface area (Å²) in [7, 11) is 1.72. The molecule has 0 N–H and O–H groups in total. The second-order valence-corrected chi connectivity index (χ2v) is 6.43. The lowest BCUT2D eigenvalue weighted by Crippen LogP contribution is -2.39. The molecule has 2 heterocycles. The van der Waals surface area contributed by atoms with Crippen LogP contribution in [0.2, 0.25) is 0 Å². The molecule has 144 valence electrons. The van der Waals surface area contributed by atoms with Gasteiger partial charge in [0.25, 0.3) is 5.91 Å². The molecular formula is C20H25N3O4. The number of para-hydroxylation sites is 1. The Balaban J connectivity index is 1.70. The molecule has 0 atom stereocenters. The summed E-state index contributed by atoms with van der Waals surface area (Å²) in [4.78, 5) is 26.6. The Morgan fingerprint density at radius 1 is 1.22 bits per heavy atom. The van der Waals surface area contributed by atoms with Gasteiger partial charge in [0, 0.05) is 25.6 Å². The van der Waals surface area contributed by atoms with Crippen LogP contribution >= 0.6 is 0 Å². The maximum absolute atomic E-state index is 12.7. The number of carbonyl (C=O) groups excluding carboxylic acids is 2. The predicted octanol–water partition coefficient (Wildman–Crippen LogP) is 2.12. The third-order valence-corrected chi connectivity index (χ3v) is 4.72. The highest BCUT2D eigenvalue weighted by Crippen LogP contribution is 2.23. The summed E-state index contributed by atoms with van der Waals surface area (Å²) in [5, 5.41) is 4.41. The van der Waals surface area contributed by atoms with Gasteiger partial charge in [0.15, 0.2) is 12.3 Å². The van der Waals surface area contributed by atoms with E-state index >= 15 is 0 Å². The van der Waals surface area contributed by atoms with Gasteiger partial charge in [0.2, 0.25) is 0 Å². The predicted molar refractivity (Wildman–Crippen MR) is 99.6 cm³/mol. The van der Waals surface area contributed by atoms with Crippen molar-refractivity contribution in [3.63, 3.8) is 0 Å². The molecule has 2 aromatic rings. The van der Waals surface area contributed by atoms with Crippen LogP contribution in [-0.2, 0) is 36.0 Å². The zero-order chi connectivity index (χ0) is 19.4. The standard InChI is InChI=1S/C20H25N3O4/c1-4-14-8-6-7-9-17(14)27-13-18(24)23-11-10-16-15(12-23)19(22(3)21-16)20(25)26-5-2/h6-9H,4-5,10-13H2,1-3H3. The van der Waals surface area contributed by atoms with Gasteiger partial charge in [-0.2, -0.15) is 5.10 Å². The Labute approximate surface area is 158 Å². The zero-order valence-corrected chi connectivity index (χ0v) is 16.0. The molecule has 27 heavy (non-hydrogen) atoms. The fourth-order valence-electron chi connectivity index (χ4n) is 3.34. The highest BCUT2D eigenvalue weighted by molar-refractivity contribution is 5.90. The molecule has 0 saturated carbocycles. The SMILES string of the molecule is CCOC(=O)c1c2c(nn1C)CCN(C(=O)COc1ccccc1CC)C2. The van der Waals surface area contributed by atoms with E-state index in [1.807, 2.05) is 24.3 Å². The maximum Gasteiger partial charge on any atom is 0.356 e. The summed E-state index contributed by atoms with van der Waals surface area (Å²) >= 11 is 0. The summed E-state index contributed by atoms with van der Waals surface area (Å²) in [5.41, 5.74) is 3.11. The second kappa shape index (κ2) is 8.24. The Kier molecular flexibility index (Phi) is 5.78. The highest BCUT2D eigenvalue weighted by Gasteiger charge is 2.30. The molecule has 7 nitrogen and oxygen atoms in total. The minimum atomic E-state index is -0.406. The quantitative estimate of drug-likeness (QED) is 0.727. The van der Waals surface area contributed by atoms with E-state index in [0.717, 1.165) is 29.0 Å². The largest absolute Gasteiger partial charge is 0.483 e. The summed E-state index contributed by atoms with van der Waals surface area (Å²) < 4.78 is 12.4. The third-order valence-electron chi connectivity index (χ3n) is 4.72. The number of esters is 1. The van der Waals surface area contributed by atoms with Crippen LogP contribution in [-0.4, -0.2) is 46.3 Å². The van der Waals surface area contributed by atoms with Crippen molar-refractivity contribution in [3.8, 4) is 5.75 Å². The number of rotatable bonds is 6.